The zero-order valence-corrected chi connectivity index (χ0v) is 40.8. The summed E-state index contributed by atoms with van der Waals surface area (Å²) in [6.45, 7) is 10.1. The number of rotatable bonds is 10. The highest BCUT2D eigenvalue weighted by atomic mass is 16.2. The van der Waals surface area contributed by atoms with E-state index in [2.05, 4.69) is 73.0 Å². The van der Waals surface area contributed by atoms with E-state index in [0.717, 1.165) is 89.5 Å². The van der Waals surface area contributed by atoms with Gasteiger partial charge in [-0.3, -0.25) is 29.3 Å². The molecule has 7 fully saturated rings. The van der Waals surface area contributed by atoms with Gasteiger partial charge in [-0.05, 0) is 133 Å². The van der Waals surface area contributed by atoms with E-state index in [4.69, 9.17) is 9.97 Å². The molecule has 2 N–H and O–H groups in total. The van der Waals surface area contributed by atoms with E-state index in [9.17, 15) is 19.2 Å². The van der Waals surface area contributed by atoms with Gasteiger partial charge in [-0.25, -0.2) is 15.0 Å². The average molecular weight is 950 g/mol. The first-order chi connectivity index (χ1) is 34.0. The van der Waals surface area contributed by atoms with Crippen LogP contribution in [0.2, 0.25) is 0 Å². The van der Waals surface area contributed by atoms with Crippen molar-refractivity contribution >= 4 is 57.9 Å². The molecule has 16 heteroatoms. The highest BCUT2D eigenvalue weighted by Crippen LogP contribution is 2.52. The fourth-order valence-corrected chi connectivity index (χ4v) is 13.0. The number of fused-ring (bicyclic) bond motifs is 3. The zero-order chi connectivity index (χ0) is 47.8. The highest BCUT2D eigenvalue weighted by molar-refractivity contribution is 6.09. The van der Waals surface area contributed by atoms with Gasteiger partial charge < -0.3 is 34.4 Å². The van der Waals surface area contributed by atoms with Crippen molar-refractivity contribution in [1.29, 1.82) is 0 Å². The molecule has 6 aliphatic heterocycles. The van der Waals surface area contributed by atoms with Crippen molar-refractivity contribution in [1.82, 2.24) is 39.5 Å². The molecule has 1 spiro atoms. The number of aromatic nitrogens is 4. The summed E-state index contributed by atoms with van der Waals surface area (Å²) in [7, 11) is 0. The van der Waals surface area contributed by atoms with Gasteiger partial charge in [0.05, 0.1) is 34.8 Å². The predicted octanol–water partition coefficient (Wildman–Crippen LogP) is 6.16. The van der Waals surface area contributed by atoms with E-state index in [1.165, 1.54) is 19.3 Å². The molecule has 8 aliphatic rings. The number of nitrogens with zero attached hydrogens (tertiary/aromatic N) is 9. The molecule has 0 bridgehead atoms. The lowest BCUT2D eigenvalue weighted by molar-refractivity contribution is -0.140. The second-order valence-corrected chi connectivity index (χ2v) is 22.1. The number of piperidine rings is 4. The molecular weight excluding hydrogens is 883 g/mol. The minimum atomic E-state index is -0.690. The molecular formula is C54H67N11O5. The number of carbonyl (C=O) groups excluding carboxylic acids is 5. The zero-order valence-electron chi connectivity index (χ0n) is 40.8. The van der Waals surface area contributed by atoms with E-state index in [-0.39, 0.29) is 59.4 Å². The smallest absolute Gasteiger partial charge is 0.238 e. The molecule has 1 unspecified atom stereocenters. The number of pyridine rings is 2. The fraction of sp³-hybridized carbons (Fsp3) is 0.593. The van der Waals surface area contributed by atoms with Crippen LogP contribution in [0.5, 0.6) is 0 Å². The highest BCUT2D eigenvalue weighted by Gasteiger charge is 2.56. The minimum Gasteiger partial charge on any atom is -0.366 e. The Bertz CT molecular complexity index is 2700. The number of carbonyl (C=O) groups is 5. The largest absolute Gasteiger partial charge is 0.366 e. The molecule has 2 atom stereocenters. The molecule has 368 valence electrons. The Labute approximate surface area is 409 Å². The van der Waals surface area contributed by atoms with Crippen LogP contribution in [-0.2, 0) is 29.4 Å². The lowest BCUT2D eigenvalue weighted by Gasteiger charge is -2.48. The molecule has 5 saturated heterocycles. The van der Waals surface area contributed by atoms with Gasteiger partial charge in [0.25, 0.3) is 0 Å². The predicted molar refractivity (Wildman–Crippen MR) is 266 cm³/mol. The summed E-state index contributed by atoms with van der Waals surface area (Å²) in [6, 6.07) is 13.8. The van der Waals surface area contributed by atoms with Crippen LogP contribution in [0.3, 0.4) is 0 Å². The van der Waals surface area contributed by atoms with Gasteiger partial charge in [-0.2, -0.15) is 0 Å². The van der Waals surface area contributed by atoms with Crippen LogP contribution in [0, 0.1) is 11.8 Å². The van der Waals surface area contributed by atoms with Gasteiger partial charge in [-0.15, -0.1) is 0 Å². The van der Waals surface area contributed by atoms with E-state index < -0.39 is 5.41 Å². The third kappa shape index (κ3) is 8.11. The second kappa shape index (κ2) is 18.1. The van der Waals surface area contributed by atoms with E-state index in [1.54, 1.807) is 6.20 Å². The number of hydrogen-bond acceptors (Lipinski definition) is 11. The van der Waals surface area contributed by atoms with Crippen molar-refractivity contribution in [3.8, 4) is 11.3 Å². The van der Waals surface area contributed by atoms with Crippen molar-refractivity contribution in [2.75, 3.05) is 67.5 Å². The second-order valence-electron chi connectivity index (χ2n) is 22.1. The van der Waals surface area contributed by atoms with Crippen molar-refractivity contribution < 1.29 is 24.0 Å². The maximum atomic E-state index is 15.2. The molecule has 70 heavy (non-hydrogen) atoms. The standard InChI is InChI=1S/C54H67N11O5/c1-33(2)64-32-56-44-29-43(58-49(48(44)64)57-38-8-9-38)35-6-11-42-45(26-35)65(40-27-39(28-40)60-19-4-3-5-20-60)53(70)54(42)17-24-62(25-18-54)52(69)37-16-23-63(31-37)51(68)34-14-21-61(22-15-34)46-12-7-36(30-55-46)41-10-13-47(66)59-50(41)67/h6-7,11-12,26,29-30,32-34,37-41H,3-5,8-10,13-25,27-28,31H2,1-2H3,(H,57,58)(H,59,66,67)/t37-,39?,40?,41?/m0/s1. The van der Waals surface area contributed by atoms with Gasteiger partial charge in [-0.1, -0.05) is 24.6 Å². The van der Waals surface area contributed by atoms with E-state index in [0.29, 0.717) is 96.3 Å². The Morgan fingerprint density at radius 1 is 0.786 bits per heavy atom. The molecule has 5 amide bonds. The number of imidazole rings is 1. The SMILES string of the molecule is CC(C)n1cnc2cc(-c3ccc4c(c3)N(C3CC(N5CCCCC5)C3)C(=O)C43CCN(C(=O)[C@H]4CCN(C(=O)C5CCN(c6ccc(C7CCC(=O)NC7=O)cn6)CC5)C4)CC3)nc(NC3CC3)c21. The normalized spacial score (nSPS) is 26.3. The van der Waals surface area contributed by atoms with E-state index in [1.807, 2.05) is 28.3 Å². The van der Waals surface area contributed by atoms with Gasteiger partial charge in [0.1, 0.15) is 11.3 Å². The Hall–Kier alpha value is -5.90. The topological polar surface area (TPSA) is 169 Å². The van der Waals surface area contributed by atoms with Crippen LogP contribution < -0.4 is 20.4 Å². The number of imide groups is 1. The van der Waals surface area contributed by atoms with Crippen LogP contribution in [-0.4, -0.2) is 134 Å². The molecule has 12 rings (SSSR count). The Morgan fingerprint density at radius 2 is 1.54 bits per heavy atom. The molecule has 16 nitrogen and oxygen atoms in total. The maximum absolute atomic E-state index is 15.2. The minimum absolute atomic E-state index is 0.102. The first kappa shape index (κ1) is 45.3. The summed E-state index contributed by atoms with van der Waals surface area (Å²) in [6.07, 6.45) is 15.7. The summed E-state index contributed by atoms with van der Waals surface area (Å²) in [5, 5.41) is 6.13. The van der Waals surface area contributed by atoms with Crippen molar-refractivity contribution in [2.24, 2.45) is 11.8 Å². The van der Waals surface area contributed by atoms with Crippen LogP contribution >= 0.6 is 0 Å². The monoisotopic (exact) mass is 950 g/mol. The Morgan fingerprint density at radius 3 is 2.26 bits per heavy atom. The molecule has 0 radical (unpaired) electrons. The number of hydrogen-bond donors (Lipinski definition) is 2. The summed E-state index contributed by atoms with van der Waals surface area (Å²) >= 11 is 0. The van der Waals surface area contributed by atoms with Crippen molar-refractivity contribution in [2.45, 2.75) is 139 Å². The van der Waals surface area contributed by atoms with Gasteiger partial charge in [0.15, 0.2) is 5.82 Å². The molecule has 3 aromatic heterocycles. The van der Waals surface area contributed by atoms with Crippen molar-refractivity contribution in [3.05, 3.63) is 60.0 Å². The maximum Gasteiger partial charge on any atom is 0.238 e. The Kier molecular flexibility index (Phi) is 11.7. The third-order valence-corrected chi connectivity index (χ3v) is 17.4. The lowest BCUT2D eigenvalue weighted by atomic mass is 9.73. The van der Waals surface area contributed by atoms with Crippen LogP contribution in [0.4, 0.5) is 17.3 Å². The number of anilines is 3. The van der Waals surface area contributed by atoms with Gasteiger partial charge in [0, 0.05) is 93.2 Å². The molecule has 9 heterocycles. The number of likely N-dealkylation sites (tertiary alicyclic amines) is 3. The van der Waals surface area contributed by atoms with Gasteiger partial charge >= 0.3 is 0 Å². The number of amides is 5. The van der Waals surface area contributed by atoms with Gasteiger partial charge in [0.2, 0.25) is 29.5 Å². The quantitative estimate of drug-likeness (QED) is 0.175. The van der Waals surface area contributed by atoms with Crippen molar-refractivity contribution in [3.63, 3.8) is 0 Å². The van der Waals surface area contributed by atoms with E-state index >= 15 is 4.79 Å². The third-order valence-electron chi connectivity index (χ3n) is 17.4. The first-order valence-corrected chi connectivity index (χ1v) is 26.5. The lowest BCUT2D eigenvalue weighted by Crippen LogP contribution is -2.58. The van der Waals surface area contributed by atoms with Crippen LogP contribution in [0.25, 0.3) is 22.3 Å². The molecule has 1 aromatic carbocycles. The summed E-state index contributed by atoms with van der Waals surface area (Å²) in [4.78, 5) is 93.1. The Balaban J connectivity index is 0.712. The van der Waals surface area contributed by atoms with Crippen LogP contribution in [0.15, 0.2) is 48.9 Å². The fourth-order valence-electron chi connectivity index (χ4n) is 13.0. The number of nitrogens with one attached hydrogen (secondary N) is 2. The summed E-state index contributed by atoms with van der Waals surface area (Å²) in [5.74, 6) is 0.894. The average Bonchev–Trinajstić information content (AvgIpc) is 3.75. The summed E-state index contributed by atoms with van der Waals surface area (Å²) in [5.41, 5.74) is 5.98. The molecule has 2 aliphatic carbocycles. The van der Waals surface area contributed by atoms with Crippen LogP contribution in [0.1, 0.15) is 127 Å². The molecule has 2 saturated carbocycles. The summed E-state index contributed by atoms with van der Waals surface area (Å²) < 4.78 is 2.19. The molecule has 4 aromatic rings. The number of benzene rings is 1. The first-order valence-electron chi connectivity index (χ1n) is 26.5.